The fourth-order valence-corrected chi connectivity index (χ4v) is 2.46. The molecule has 7 nitrogen and oxygen atoms in total. The average Bonchev–Trinajstić information content (AvgIpc) is 2.55. The fourth-order valence-electron chi connectivity index (χ4n) is 2.46. The first kappa shape index (κ1) is 15.5. The molecule has 0 aromatic heterocycles. The summed E-state index contributed by atoms with van der Waals surface area (Å²) in [5.74, 6) is -2.03. The largest absolute Gasteiger partial charge is 0.545 e. The Morgan fingerprint density at radius 3 is 2.58 bits per heavy atom. The maximum absolute atomic E-state index is 12.1. The average molecular weight is 324 g/mol. The smallest absolute Gasteiger partial charge is 0.247 e. The van der Waals surface area contributed by atoms with Crippen molar-refractivity contribution in [1.29, 1.82) is 0 Å². The fraction of sp³-hybridized carbons (Fsp3) is 0.118. The zero-order chi connectivity index (χ0) is 17.1. The summed E-state index contributed by atoms with van der Waals surface area (Å²) in [6.45, 7) is 0. The predicted molar refractivity (Wildman–Crippen MR) is 86.5 cm³/mol. The number of fused-ring (bicyclic) bond motifs is 1. The van der Waals surface area contributed by atoms with E-state index in [0.717, 1.165) is 5.69 Å². The van der Waals surface area contributed by atoms with E-state index in [1.807, 2.05) is 12.1 Å². The van der Waals surface area contributed by atoms with E-state index in [1.165, 1.54) is 18.2 Å². The van der Waals surface area contributed by atoms with Crippen LogP contribution in [0.1, 0.15) is 16.8 Å². The minimum Gasteiger partial charge on any atom is -0.545 e. The molecule has 0 radical (unpaired) electrons. The van der Waals surface area contributed by atoms with Crippen molar-refractivity contribution < 1.29 is 19.5 Å². The standard InChI is InChI=1S/C17H15N3O4/c21-15(18-11-5-3-4-10(8-11)17(23)24)9-14-16(22)20-13-7-2-1-6-12(13)19-14/h1-8,14,19H,9H2,(H,18,21)(H,20,22)(H,23,24)/p-1/t14-/m0/s1. The number of rotatable bonds is 4. The van der Waals surface area contributed by atoms with E-state index >= 15 is 0 Å². The number of para-hydroxylation sites is 2. The van der Waals surface area contributed by atoms with E-state index in [9.17, 15) is 19.5 Å². The number of carboxylic acids is 1. The predicted octanol–water partition coefficient (Wildman–Crippen LogP) is 0.811. The normalized spacial score (nSPS) is 15.7. The van der Waals surface area contributed by atoms with E-state index in [2.05, 4.69) is 16.0 Å². The van der Waals surface area contributed by atoms with Crippen LogP contribution in [0.25, 0.3) is 0 Å². The summed E-state index contributed by atoms with van der Waals surface area (Å²) in [5.41, 5.74) is 1.71. The highest BCUT2D eigenvalue weighted by Crippen LogP contribution is 2.26. The molecule has 2 aromatic rings. The molecule has 1 heterocycles. The van der Waals surface area contributed by atoms with Crippen molar-refractivity contribution in [3.05, 3.63) is 54.1 Å². The van der Waals surface area contributed by atoms with Gasteiger partial charge in [0.05, 0.1) is 23.8 Å². The molecule has 2 amide bonds. The zero-order valence-electron chi connectivity index (χ0n) is 12.5. The molecular weight excluding hydrogens is 310 g/mol. The molecule has 0 spiro atoms. The summed E-state index contributed by atoms with van der Waals surface area (Å²) < 4.78 is 0. The molecule has 0 aliphatic carbocycles. The lowest BCUT2D eigenvalue weighted by molar-refractivity contribution is -0.255. The lowest BCUT2D eigenvalue weighted by atomic mass is 10.1. The Hall–Kier alpha value is -3.35. The summed E-state index contributed by atoms with van der Waals surface area (Å²) in [5, 5.41) is 19.2. The third-order valence-corrected chi connectivity index (χ3v) is 3.60. The Balaban J connectivity index is 1.66. The summed E-state index contributed by atoms with van der Waals surface area (Å²) in [4.78, 5) is 35.0. The first-order valence-corrected chi connectivity index (χ1v) is 7.30. The topological polar surface area (TPSA) is 110 Å². The van der Waals surface area contributed by atoms with Crippen LogP contribution in [0, 0.1) is 0 Å². The minimum atomic E-state index is -1.32. The van der Waals surface area contributed by atoms with Crippen molar-refractivity contribution in [3.8, 4) is 0 Å². The molecule has 0 bridgehead atoms. The van der Waals surface area contributed by atoms with E-state index < -0.39 is 17.9 Å². The molecule has 0 fully saturated rings. The van der Waals surface area contributed by atoms with Crippen LogP contribution in [0.3, 0.4) is 0 Å². The Bertz CT molecular complexity index is 819. The van der Waals surface area contributed by atoms with Gasteiger partial charge in [-0.15, -0.1) is 0 Å². The van der Waals surface area contributed by atoms with Gasteiger partial charge in [0.2, 0.25) is 11.8 Å². The van der Waals surface area contributed by atoms with Crippen molar-refractivity contribution in [2.24, 2.45) is 0 Å². The van der Waals surface area contributed by atoms with Gasteiger partial charge in [0.15, 0.2) is 0 Å². The number of hydrogen-bond acceptors (Lipinski definition) is 5. The Morgan fingerprint density at radius 1 is 1.08 bits per heavy atom. The SMILES string of the molecule is O=C(C[C@@H]1Nc2ccccc2NC1=O)Nc1cccc(C(=O)[O-])c1. The molecule has 1 aliphatic heterocycles. The Labute approximate surface area is 137 Å². The molecule has 24 heavy (non-hydrogen) atoms. The lowest BCUT2D eigenvalue weighted by Crippen LogP contribution is -2.41. The number of carbonyl (C=O) groups is 3. The van der Waals surface area contributed by atoms with Gasteiger partial charge in [-0.25, -0.2) is 0 Å². The molecule has 3 rings (SSSR count). The van der Waals surface area contributed by atoms with E-state index in [0.29, 0.717) is 11.4 Å². The highest BCUT2D eigenvalue weighted by atomic mass is 16.4. The monoisotopic (exact) mass is 324 g/mol. The molecule has 0 unspecified atom stereocenters. The third-order valence-electron chi connectivity index (χ3n) is 3.60. The number of aromatic carboxylic acids is 1. The van der Waals surface area contributed by atoms with Crippen LogP contribution in [-0.2, 0) is 9.59 Å². The second kappa shape index (κ2) is 6.41. The lowest BCUT2D eigenvalue weighted by Gasteiger charge is -2.26. The summed E-state index contributed by atoms with van der Waals surface area (Å²) in [6.07, 6.45) is -0.0876. The van der Waals surface area contributed by atoms with Crippen LogP contribution < -0.4 is 21.1 Å². The number of nitrogens with one attached hydrogen (secondary N) is 3. The van der Waals surface area contributed by atoms with Gasteiger partial charge in [-0.3, -0.25) is 9.59 Å². The van der Waals surface area contributed by atoms with E-state index in [-0.39, 0.29) is 17.9 Å². The number of hydrogen-bond donors (Lipinski definition) is 3. The summed E-state index contributed by atoms with van der Waals surface area (Å²) >= 11 is 0. The van der Waals surface area contributed by atoms with Crippen LogP contribution in [0.5, 0.6) is 0 Å². The van der Waals surface area contributed by atoms with Crippen LogP contribution in [0.15, 0.2) is 48.5 Å². The first-order chi connectivity index (χ1) is 11.5. The summed E-state index contributed by atoms with van der Waals surface area (Å²) in [7, 11) is 0. The van der Waals surface area contributed by atoms with Crippen LogP contribution >= 0.6 is 0 Å². The second-order valence-corrected chi connectivity index (χ2v) is 5.35. The number of carboxylic acid groups (broad SMARTS) is 1. The molecule has 2 aromatic carbocycles. The van der Waals surface area contributed by atoms with Gasteiger partial charge in [0, 0.05) is 5.69 Å². The van der Waals surface area contributed by atoms with Crippen LogP contribution in [0.2, 0.25) is 0 Å². The molecule has 7 heteroatoms. The molecule has 1 aliphatic rings. The van der Waals surface area contributed by atoms with Crippen molar-refractivity contribution in [1.82, 2.24) is 0 Å². The molecule has 0 saturated heterocycles. The van der Waals surface area contributed by atoms with Crippen LogP contribution in [0.4, 0.5) is 17.1 Å². The van der Waals surface area contributed by atoms with Crippen molar-refractivity contribution in [2.75, 3.05) is 16.0 Å². The summed E-state index contributed by atoms with van der Waals surface area (Å²) in [6, 6.07) is 12.2. The number of benzene rings is 2. The van der Waals surface area contributed by atoms with Gasteiger partial charge in [0.1, 0.15) is 6.04 Å². The Morgan fingerprint density at radius 2 is 1.83 bits per heavy atom. The molecule has 3 N–H and O–H groups in total. The highest BCUT2D eigenvalue weighted by Gasteiger charge is 2.27. The van der Waals surface area contributed by atoms with Crippen molar-refractivity contribution in [2.45, 2.75) is 12.5 Å². The molecule has 1 atom stereocenters. The number of anilines is 3. The number of carbonyl (C=O) groups excluding carboxylic acids is 3. The third kappa shape index (κ3) is 3.35. The van der Waals surface area contributed by atoms with E-state index in [4.69, 9.17) is 0 Å². The van der Waals surface area contributed by atoms with Crippen LogP contribution in [-0.4, -0.2) is 23.8 Å². The quantitative estimate of drug-likeness (QED) is 0.771. The second-order valence-electron chi connectivity index (χ2n) is 5.35. The van der Waals surface area contributed by atoms with Crippen molar-refractivity contribution in [3.63, 3.8) is 0 Å². The molecule has 122 valence electrons. The van der Waals surface area contributed by atoms with Gasteiger partial charge in [0.25, 0.3) is 0 Å². The van der Waals surface area contributed by atoms with Gasteiger partial charge in [-0.2, -0.15) is 0 Å². The first-order valence-electron chi connectivity index (χ1n) is 7.30. The maximum Gasteiger partial charge on any atom is 0.247 e. The van der Waals surface area contributed by atoms with Gasteiger partial charge in [-0.05, 0) is 29.8 Å². The van der Waals surface area contributed by atoms with Gasteiger partial charge < -0.3 is 25.9 Å². The van der Waals surface area contributed by atoms with Crippen molar-refractivity contribution >= 4 is 34.8 Å². The maximum atomic E-state index is 12.1. The highest BCUT2D eigenvalue weighted by molar-refractivity contribution is 6.06. The number of amides is 2. The Kier molecular flexibility index (Phi) is 4.15. The van der Waals surface area contributed by atoms with Gasteiger partial charge >= 0.3 is 0 Å². The minimum absolute atomic E-state index is 0.0322. The molecule has 0 saturated carbocycles. The van der Waals surface area contributed by atoms with Gasteiger partial charge in [-0.1, -0.05) is 24.3 Å². The van der Waals surface area contributed by atoms with E-state index in [1.54, 1.807) is 18.2 Å². The molecular formula is C17H14N3O4-. The zero-order valence-corrected chi connectivity index (χ0v) is 12.5.